The maximum absolute atomic E-state index is 13.0. The Bertz CT molecular complexity index is 870. The number of nitrogens with zero attached hydrogens (tertiary/aromatic N) is 3. The van der Waals surface area contributed by atoms with E-state index in [-0.39, 0.29) is 23.8 Å². The molecule has 1 atom stereocenters. The van der Waals surface area contributed by atoms with E-state index in [0.717, 1.165) is 16.6 Å². The maximum atomic E-state index is 13.0. The topological polar surface area (TPSA) is 59.8 Å². The minimum atomic E-state index is -0.297. The lowest BCUT2D eigenvalue weighted by molar-refractivity contribution is 0.0939. The van der Waals surface area contributed by atoms with Crippen molar-refractivity contribution in [3.8, 4) is 0 Å². The minimum absolute atomic E-state index is 0.202. The van der Waals surface area contributed by atoms with Gasteiger partial charge in [0.1, 0.15) is 5.82 Å². The van der Waals surface area contributed by atoms with E-state index in [0.29, 0.717) is 5.56 Å². The Morgan fingerprint density at radius 3 is 2.54 bits per heavy atom. The zero-order valence-electron chi connectivity index (χ0n) is 13.8. The van der Waals surface area contributed by atoms with Crippen LogP contribution in [0.3, 0.4) is 0 Å². The summed E-state index contributed by atoms with van der Waals surface area (Å²) in [5.74, 6) is -0.521. The second-order valence-corrected chi connectivity index (χ2v) is 6.07. The van der Waals surface area contributed by atoms with Crippen molar-refractivity contribution < 1.29 is 9.18 Å². The van der Waals surface area contributed by atoms with E-state index in [1.165, 1.54) is 12.1 Å². The normalized spacial score (nSPS) is 12.5. The highest BCUT2D eigenvalue weighted by Crippen LogP contribution is 2.18. The molecule has 0 fully saturated rings. The molecule has 2 aromatic heterocycles. The first-order valence-electron chi connectivity index (χ1n) is 7.85. The highest BCUT2D eigenvalue weighted by atomic mass is 19.1. The van der Waals surface area contributed by atoms with Crippen molar-refractivity contribution in [1.82, 2.24) is 20.1 Å². The molecule has 0 radical (unpaired) electrons. The van der Waals surface area contributed by atoms with Crippen LogP contribution < -0.4 is 5.32 Å². The Hall–Kier alpha value is -2.76. The van der Waals surface area contributed by atoms with Crippen LogP contribution >= 0.6 is 0 Å². The number of pyridine rings is 1. The third kappa shape index (κ3) is 3.13. The Kier molecular flexibility index (Phi) is 4.29. The molecule has 5 nitrogen and oxygen atoms in total. The summed E-state index contributed by atoms with van der Waals surface area (Å²) in [5, 5.41) is 8.02. The highest BCUT2D eigenvalue weighted by Gasteiger charge is 2.14. The van der Waals surface area contributed by atoms with Gasteiger partial charge in [-0.15, -0.1) is 0 Å². The van der Waals surface area contributed by atoms with E-state index in [1.807, 2.05) is 25.5 Å². The summed E-state index contributed by atoms with van der Waals surface area (Å²) in [6, 6.07) is 7.84. The lowest BCUT2D eigenvalue weighted by Gasteiger charge is -2.14. The summed E-state index contributed by atoms with van der Waals surface area (Å²) in [7, 11) is 0. The summed E-state index contributed by atoms with van der Waals surface area (Å²) in [5.41, 5.74) is 2.07. The molecule has 2 heterocycles. The summed E-state index contributed by atoms with van der Waals surface area (Å²) < 4.78 is 14.8. The van der Waals surface area contributed by atoms with Crippen LogP contribution in [0.5, 0.6) is 0 Å². The molecule has 24 heavy (non-hydrogen) atoms. The third-order valence-electron chi connectivity index (χ3n) is 3.90. The van der Waals surface area contributed by atoms with E-state index >= 15 is 0 Å². The van der Waals surface area contributed by atoms with Gasteiger partial charge in [0.25, 0.3) is 5.91 Å². The van der Waals surface area contributed by atoms with Crippen LogP contribution in [0.4, 0.5) is 4.39 Å². The molecule has 0 aliphatic rings. The van der Waals surface area contributed by atoms with Gasteiger partial charge in [-0.3, -0.25) is 4.79 Å². The van der Waals surface area contributed by atoms with Crippen molar-refractivity contribution in [2.75, 3.05) is 0 Å². The Labute approximate surface area is 139 Å². The fraction of sp³-hybridized carbons (Fsp3) is 0.278. The van der Waals surface area contributed by atoms with Crippen LogP contribution in [0.15, 0.2) is 42.7 Å². The van der Waals surface area contributed by atoms with Gasteiger partial charge < -0.3 is 5.32 Å². The number of amides is 1. The molecule has 3 aromatic rings. The van der Waals surface area contributed by atoms with Gasteiger partial charge in [0, 0.05) is 17.6 Å². The van der Waals surface area contributed by atoms with Crippen molar-refractivity contribution in [1.29, 1.82) is 0 Å². The van der Waals surface area contributed by atoms with Gasteiger partial charge in [0.05, 0.1) is 17.8 Å². The average Bonchev–Trinajstić information content (AvgIpc) is 2.98. The second-order valence-electron chi connectivity index (χ2n) is 6.07. The number of hydrogen-bond donors (Lipinski definition) is 1. The lowest BCUT2D eigenvalue weighted by atomic mass is 10.1. The number of rotatable bonds is 4. The molecule has 1 aromatic carbocycles. The second kappa shape index (κ2) is 6.39. The smallest absolute Gasteiger partial charge is 0.253 e. The molecule has 0 saturated heterocycles. The SMILES string of the molecule is CC(NC(=O)c1cnc2c(cnn2C(C)C)c1)c1ccc(F)cc1. The van der Waals surface area contributed by atoms with Crippen molar-refractivity contribution in [3.05, 3.63) is 59.7 Å². The standard InChI is InChI=1S/C18H19FN4O/c1-11(2)23-17-14(10-21-23)8-15(9-20-17)18(24)22-12(3)13-4-6-16(19)7-5-13/h4-12H,1-3H3,(H,22,24). The van der Waals surface area contributed by atoms with E-state index in [1.54, 1.807) is 30.6 Å². The summed E-state index contributed by atoms with van der Waals surface area (Å²) in [6.07, 6.45) is 3.26. The molecule has 3 rings (SSSR count). The quantitative estimate of drug-likeness (QED) is 0.796. The van der Waals surface area contributed by atoms with Crippen molar-refractivity contribution >= 4 is 16.9 Å². The highest BCUT2D eigenvalue weighted by molar-refractivity contribution is 5.97. The molecule has 0 aliphatic heterocycles. The molecule has 0 bridgehead atoms. The van der Waals surface area contributed by atoms with Crippen LogP contribution in [0.25, 0.3) is 11.0 Å². The van der Waals surface area contributed by atoms with Gasteiger partial charge in [-0.05, 0) is 44.5 Å². The van der Waals surface area contributed by atoms with E-state index in [4.69, 9.17) is 0 Å². The first-order chi connectivity index (χ1) is 11.5. The molecule has 1 unspecified atom stereocenters. The monoisotopic (exact) mass is 326 g/mol. The first-order valence-corrected chi connectivity index (χ1v) is 7.85. The molecule has 0 spiro atoms. The zero-order chi connectivity index (χ0) is 17.3. The fourth-order valence-electron chi connectivity index (χ4n) is 2.56. The number of carbonyl (C=O) groups is 1. The predicted molar refractivity (Wildman–Crippen MR) is 90.2 cm³/mol. The largest absolute Gasteiger partial charge is 0.345 e. The van der Waals surface area contributed by atoms with Crippen molar-refractivity contribution in [2.24, 2.45) is 0 Å². The van der Waals surface area contributed by atoms with Crippen LogP contribution in [-0.2, 0) is 0 Å². The van der Waals surface area contributed by atoms with Crippen LogP contribution in [0.1, 0.15) is 48.8 Å². The Balaban J connectivity index is 1.79. The van der Waals surface area contributed by atoms with Gasteiger partial charge in [0.2, 0.25) is 0 Å². The zero-order valence-corrected chi connectivity index (χ0v) is 13.8. The molecule has 1 N–H and O–H groups in total. The van der Waals surface area contributed by atoms with Gasteiger partial charge in [0.15, 0.2) is 5.65 Å². The molecule has 6 heteroatoms. The van der Waals surface area contributed by atoms with E-state index in [2.05, 4.69) is 15.4 Å². The van der Waals surface area contributed by atoms with Crippen LogP contribution in [-0.4, -0.2) is 20.7 Å². The summed E-state index contributed by atoms with van der Waals surface area (Å²) >= 11 is 0. The Morgan fingerprint density at radius 2 is 1.88 bits per heavy atom. The summed E-state index contributed by atoms with van der Waals surface area (Å²) in [4.78, 5) is 16.8. The van der Waals surface area contributed by atoms with Gasteiger partial charge in [-0.25, -0.2) is 14.1 Å². The summed E-state index contributed by atoms with van der Waals surface area (Å²) in [6.45, 7) is 5.91. The number of halogens is 1. The van der Waals surface area contributed by atoms with Gasteiger partial charge in [-0.2, -0.15) is 5.10 Å². The molecule has 1 amide bonds. The number of aromatic nitrogens is 3. The fourth-order valence-corrected chi connectivity index (χ4v) is 2.56. The number of fused-ring (bicyclic) bond motifs is 1. The molecule has 0 aliphatic carbocycles. The molecule has 0 saturated carbocycles. The number of hydrogen-bond acceptors (Lipinski definition) is 3. The van der Waals surface area contributed by atoms with Gasteiger partial charge in [-0.1, -0.05) is 12.1 Å². The number of nitrogens with one attached hydrogen (secondary N) is 1. The van der Waals surface area contributed by atoms with E-state index < -0.39 is 0 Å². The molecular weight excluding hydrogens is 307 g/mol. The third-order valence-corrected chi connectivity index (χ3v) is 3.90. The maximum Gasteiger partial charge on any atom is 0.253 e. The average molecular weight is 326 g/mol. The van der Waals surface area contributed by atoms with Crippen LogP contribution in [0, 0.1) is 5.82 Å². The minimum Gasteiger partial charge on any atom is -0.345 e. The van der Waals surface area contributed by atoms with E-state index in [9.17, 15) is 9.18 Å². The number of carbonyl (C=O) groups excluding carboxylic acids is 1. The lowest BCUT2D eigenvalue weighted by Crippen LogP contribution is -2.26. The molecule has 124 valence electrons. The van der Waals surface area contributed by atoms with Crippen LogP contribution in [0.2, 0.25) is 0 Å². The van der Waals surface area contributed by atoms with Gasteiger partial charge >= 0.3 is 0 Å². The number of benzene rings is 1. The molecular formula is C18H19FN4O. The van der Waals surface area contributed by atoms with Crippen molar-refractivity contribution in [3.63, 3.8) is 0 Å². The Morgan fingerprint density at radius 1 is 1.17 bits per heavy atom. The first kappa shape index (κ1) is 16.1. The van der Waals surface area contributed by atoms with Crippen molar-refractivity contribution in [2.45, 2.75) is 32.9 Å². The predicted octanol–water partition coefficient (Wildman–Crippen LogP) is 3.64.